The van der Waals surface area contributed by atoms with Crippen LogP contribution in [0.15, 0.2) is 23.1 Å². The highest BCUT2D eigenvalue weighted by Gasteiger charge is 2.16. The smallest absolute Gasteiger partial charge is 0.0175 e. The van der Waals surface area contributed by atoms with Crippen molar-refractivity contribution in [2.24, 2.45) is 5.73 Å². The molecule has 1 nitrogen and oxygen atoms in total. The van der Waals surface area contributed by atoms with Gasteiger partial charge in [0, 0.05) is 16.7 Å². The molecule has 2 rings (SSSR count). The highest BCUT2D eigenvalue weighted by molar-refractivity contribution is 7.99. The van der Waals surface area contributed by atoms with Gasteiger partial charge in [-0.2, -0.15) is 0 Å². The number of rotatable bonds is 1. The molecule has 1 atom stereocenters. The van der Waals surface area contributed by atoms with Gasteiger partial charge in [0.25, 0.3) is 0 Å². The molecule has 0 bridgehead atoms. The van der Waals surface area contributed by atoms with Gasteiger partial charge in [-0.1, -0.05) is 26.0 Å². The molecule has 1 heterocycles. The number of hydrogen-bond acceptors (Lipinski definition) is 2. The van der Waals surface area contributed by atoms with Gasteiger partial charge in [0.05, 0.1) is 0 Å². The van der Waals surface area contributed by atoms with Gasteiger partial charge in [-0.25, -0.2) is 0 Å². The Morgan fingerprint density at radius 2 is 2.21 bits per heavy atom. The first-order valence-electron chi connectivity index (χ1n) is 5.18. The number of benzene rings is 1. The maximum absolute atomic E-state index is 5.95. The van der Waals surface area contributed by atoms with Crippen molar-refractivity contribution in [3.63, 3.8) is 0 Å². The summed E-state index contributed by atoms with van der Waals surface area (Å²) in [5.41, 5.74) is 8.83. The van der Waals surface area contributed by atoms with Gasteiger partial charge in [0.15, 0.2) is 0 Å². The quantitative estimate of drug-likeness (QED) is 0.766. The van der Waals surface area contributed by atoms with Crippen molar-refractivity contribution >= 4 is 11.8 Å². The van der Waals surface area contributed by atoms with Crippen LogP contribution in [0.3, 0.4) is 0 Å². The predicted octanol–water partition coefficient (Wildman–Crippen LogP) is 2.79. The molecule has 2 heteroatoms. The van der Waals surface area contributed by atoms with Crippen molar-refractivity contribution < 1.29 is 0 Å². The highest BCUT2D eigenvalue weighted by atomic mass is 32.2. The Bertz CT molecular complexity index is 333. The molecule has 1 aromatic carbocycles. The summed E-state index contributed by atoms with van der Waals surface area (Å²) >= 11 is 1.89. The van der Waals surface area contributed by atoms with Gasteiger partial charge in [0.2, 0.25) is 0 Å². The van der Waals surface area contributed by atoms with Gasteiger partial charge in [-0.15, -0.1) is 11.8 Å². The molecule has 0 spiro atoms. The van der Waals surface area contributed by atoms with E-state index in [1.807, 2.05) is 11.8 Å². The second-order valence-corrected chi connectivity index (χ2v) is 5.36. The van der Waals surface area contributed by atoms with Crippen molar-refractivity contribution in [3.8, 4) is 0 Å². The Kier molecular flexibility index (Phi) is 2.84. The van der Waals surface area contributed by atoms with E-state index in [2.05, 4.69) is 32.0 Å². The van der Waals surface area contributed by atoms with Crippen LogP contribution in [-0.4, -0.2) is 11.8 Å². The molecule has 0 saturated carbocycles. The Morgan fingerprint density at radius 1 is 1.43 bits per heavy atom. The molecule has 0 fully saturated rings. The Balaban J connectivity index is 2.33. The fourth-order valence-corrected chi connectivity index (χ4v) is 2.80. The lowest BCUT2D eigenvalue weighted by atomic mass is 9.98. The molecule has 0 aliphatic carbocycles. The lowest BCUT2D eigenvalue weighted by Crippen LogP contribution is -2.28. The summed E-state index contributed by atoms with van der Waals surface area (Å²) in [6, 6.07) is 7.16. The normalized spacial score (nSPS) is 21.0. The third kappa shape index (κ3) is 1.96. The summed E-state index contributed by atoms with van der Waals surface area (Å²) in [7, 11) is 0. The van der Waals surface area contributed by atoms with E-state index in [4.69, 9.17) is 5.73 Å². The molecule has 1 unspecified atom stereocenters. The van der Waals surface area contributed by atoms with E-state index in [1.54, 1.807) is 0 Å². The Hall–Kier alpha value is -0.470. The minimum atomic E-state index is 0.343. The fraction of sp³-hybridized carbons (Fsp3) is 0.500. The molecule has 0 saturated heterocycles. The minimum Gasteiger partial charge on any atom is -0.327 e. The van der Waals surface area contributed by atoms with Crippen LogP contribution in [0.5, 0.6) is 0 Å². The van der Waals surface area contributed by atoms with Gasteiger partial charge in [-0.05, 0) is 29.5 Å². The number of hydrogen-bond donors (Lipinski definition) is 1. The van der Waals surface area contributed by atoms with E-state index in [9.17, 15) is 0 Å². The molecule has 76 valence electrons. The molecule has 0 amide bonds. The first-order valence-corrected chi connectivity index (χ1v) is 6.16. The summed E-state index contributed by atoms with van der Waals surface area (Å²) in [5.74, 6) is 1.68. The zero-order valence-electron chi connectivity index (χ0n) is 8.79. The summed E-state index contributed by atoms with van der Waals surface area (Å²) in [6.45, 7) is 4.47. The monoisotopic (exact) mass is 207 g/mol. The lowest BCUT2D eigenvalue weighted by molar-refractivity contribution is 0.723. The van der Waals surface area contributed by atoms with Gasteiger partial charge < -0.3 is 5.73 Å². The van der Waals surface area contributed by atoms with Gasteiger partial charge in [-0.3, -0.25) is 0 Å². The van der Waals surface area contributed by atoms with Crippen LogP contribution in [0.2, 0.25) is 0 Å². The zero-order chi connectivity index (χ0) is 10.1. The summed E-state index contributed by atoms with van der Waals surface area (Å²) < 4.78 is 0. The van der Waals surface area contributed by atoms with E-state index in [1.165, 1.54) is 16.0 Å². The molecular weight excluding hydrogens is 190 g/mol. The van der Waals surface area contributed by atoms with Crippen LogP contribution < -0.4 is 5.73 Å². The molecule has 0 aromatic heterocycles. The lowest BCUT2D eigenvalue weighted by Gasteiger charge is -2.22. The largest absolute Gasteiger partial charge is 0.327 e. The van der Waals surface area contributed by atoms with Crippen LogP contribution in [0, 0.1) is 0 Å². The maximum atomic E-state index is 5.95. The average molecular weight is 207 g/mol. The van der Waals surface area contributed by atoms with E-state index < -0.39 is 0 Å². The average Bonchev–Trinajstić information content (AvgIpc) is 2.16. The van der Waals surface area contributed by atoms with Gasteiger partial charge in [0.1, 0.15) is 0 Å². The minimum absolute atomic E-state index is 0.343. The van der Waals surface area contributed by atoms with Crippen LogP contribution in [0.25, 0.3) is 0 Å². The van der Waals surface area contributed by atoms with Crippen LogP contribution >= 0.6 is 11.8 Å². The Morgan fingerprint density at radius 3 is 2.93 bits per heavy atom. The second kappa shape index (κ2) is 3.95. The Labute approximate surface area is 90.1 Å². The maximum Gasteiger partial charge on any atom is 0.0175 e. The molecule has 2 N–H and O–H groups in total. The molecule has 0 radical (unpaired) electrons. The van der Waals surface area contributed by atoms with Crippen molar-refractivity contribution in [1.29, 1.82) is 0 Å². The van der Waals surface area contributed by atoms with Crippen LogP contribution in [-0.2, 0) is 6.42 Å². The van der Waals surface area contributed by atoms with Crippen LogP contribution in [0.1, 0.15) is 30.9 Å². The molecular formula is C12H17NS. The standard InChI is InChI=1S/C12H17NS/c1-8(2)9-3-4-12-10(5-9)6-11(13)7-14-12/h3-5,8,11H,6-7,13H2,1-2H3. The SMILES string of the molecule is CC(C)c1ccc2c(c1)CC(N)CS2. The van der Waals surface area contributed by atoms with E-state index in [0.29, 0.717) is 12.0 Å². The molecule has 14 heavy (non-hydrogen) atoms. The van der Waals surface area contributed by atoms with Crippen molar-refractivity contribution in [2.75, 3.05) is 5.75 Å². The first kappa shape index (κ1) is 10.1. The zero-order valence-corrected chi connectivity index (χ0v) is 9.60. The third-order valence-electron chi connectivity index (χ3n) is 2.69. The summed E-state index contributed by atoms with van der Waals surface area (Å²) in [5, 5.41) is 0. The van der Waals surface area contributed by atoms with Crippen molar-refractivity contribution in [3.05, 3.63) is 29.3 Å². The van der Waals surface area contributed by atoms with Crippen molar-refractivity contribution in [1.82, 2.24) is 0 Å². The summed E-state index contributed by atoms with van der Waals surface area (Å²) in [6.07, 6.45) is 1.04. The molecule has 1 aliphatic rings. The third-order valence-corrected chi connectivity index (χ3v) is 3.99. The number of nitrogens with two attached hydrogens (primary N) is 1. The van der Waals surface area contributed by atoms with Crippen molar-refractivity contribution in [2.45, 2.75) is 37.1 Å². The van der Waals surface area contributed by atoms with Crippen LogP contribution in [0.4, 0.5) is 0 Å². The number of fused-ring (bicyclic) bond motifs is 1. The highest BCUT2D eigenvalue weighted by Crippen LogP contribution is 2.31. The van der Waals surface area contributed by atoms with E-state index in [-0.39, 0.29) is 0 Å². The predicted molar refractivity (Wildman–Crippen MR) is 62.9 cm³/mol. The molecule has 1 aliphatic heterocycles. The number of thioether (sulfide) groups is 1. The molecule has 1 aromatic rings. The summed E-state index contributed by atoms with van der Waals surface area (Å²) in [4.78, 5) is 1.43. The topological polar surface area (TPSA) is 26.0 Å². The van der Waals surface area contributed by atoms with E-state index >= 15 is 0 Å². The second-order valence-electron chi connectivity index (χ2n) is 4.30. The fourth-order valence-electron chi connectivity index (χ4n) is 1.80. The van der Waals surface area contributed by atoms with Gasteiger partial charge >= 0.3 is 0 Å². The van der Waals surface area contributed by atoms with E-state index in [0.717, 1.165) is 12.2 Å². The first-order chi connectivity index (χ1) is 6.66.